The molecular formula is C28H23F3O2. The summed E-state index contributed by atoms with van der Waals surface area (Å²) in [5.41, 5.74) is 2.95. The molecule has 0 aromatic heterocycles. The van der Waals surface area contributed by atoms with Crippen molar-refractivity contribution in [3.05, 3.63) is 107 Å². The molecule has 5 heteroatoms. The Hall–Kier alpha value is -3.73. The number of benzene rings is 4. The quantitative estimate of drug-likeness (QED) is 0.288. The van der Waals surface area contributed by atoms with Gasteiger partial charge < -0.3 is 9.47 Å². The molecular weight excluding hydrogens is 425 g/mol. The predicted molar refractivity (Wildman–Crippen MR) is 124 cm³/mol. The first-order valence-corrected chi connectivity index (χ1v) is 10.7. The molecule has 0 amide bonds. The monoisotopic (exact) mass is 448 g/mol. The molecule has 2 nitrogen and oxygen atoms in total. The second kappa shape index (κ2) is 9.82. The van der Waals surface area contributed by atoms with Crippen molar-refractivity contribution in [1.29, 1.82) is 0 Å². The maximum atomic E-state index is 14.9. The van der Waals surface area contributed by atoms with Crippen molar-refractivity contribution in [3.8, 4) is 33.8 Å². The summed E-state index contributed by atoms with van der Waals surface area (Å²) in [6.45, 7) is 4.26. The van der Waals surface area contributed by atoms with Gasteiger partial charge in [0.05, 0.1) is 6.61 Å². The fourth-order valence-electron chi connectivity index (χ4n) is 3.52. The zero-order chi connectivity index (χ0) is 23.4. The van der Waals surface area contributed by atoms with Crippen LogP contribution in [0.4, 0.5) is 13.2 Å². The molecule has 4 aromatic rings. The third-order valence-electron chi connectivity index (χ3n) is 5.34. The molecule has 0 unspecified atom stereocenters. The molecule has 0 atom stereocenters. The van der Waals surface area contributed by atoms with E-state index in [1.807, 2.05) is 26.0 Å². The minimum atomic E-state index is -0.904. The van der Waals surface area contributed by atoms with Gasteiger partial charge in [0.1, 0.15) is 23.9 Å². The lowest BCUT2D eigenvalue weighted by Crippen LogP contribution is -2.00. The molecule has 4 aromatic carbocycles. The van der Waals surface area contributed by atoms with Gasteiger partial charge >= 0.3 is 0 Å². The fraction of sp³-hybridized carbons (Fsp3) is 0.143. The fourth-order valence-corrected chi connectivity index (χ4v) is 3.52. The van der Waals surface area contributed by atoms with Gasteiger partial charge in [-0.3, -0.25) is 0 Å². The maximum absolute atomic E-state index is 14.9. The third-order valence-corrected chi connectivity index (χ3v) is 5.34. The van der Waals surface area contributed by atoms with E-state index in [0.29, 0.717) is 34.8 Å². The molecule has 4 rings (SSSR count). The van der Waals surface area contributed by atoms with Crippen LogP contribution in [0.15, 0.2) is 78.9 Å². The van der Waals surface area contributed by atoms with Crippen molar-refractivity contribution in [2.45, 2.75) is 20.5 Å². The lowest BCUT2D eigenvalue weighted by molar-refractivity contribution is 0.298. The first-order valence-electron chi connectivity index (χ1n) is 10.7. The molecule has 0 radical (unpaired) electrons. The van der Waals surface area contributed by atoms with E-state index < -0.39 is 17.5 Å². The summed E-state index contributed by atoms with van der Waals surface area (Å²) in [4.78, 5) is 0. The Morgan fingerprint density at radius 2 is 1.18 bits per heavy atom. The molecule has 0 saturated heterocycles. The van der Waals surface area contributed by atoms with Gasteiger partial charge in [-0.25, -0.2) is 13.2 Å². The summed E-state index contributed by atoms with van der Waals surface area (Å²) in [5, 5.41) is 0. The van der Waals surface area contributed by atoms with Crippen molar-refractivity contribution < 1.29 is 22.6 Å². The van der Waals surface area contributed by atoms with Crippen LogP contribution in [0.2, 0.25) is 0 Å². The van der Waals surface area contributed by atoms with Gasteiger partial charge in [-0.05, 0) is 49.2 Å². The highest BCUT2D eigenvalue weighted by molar-refractivity contribution is 5.72. The Morgan fingerprint density at radius 1 is 0.636 bits per heavy atom. The largest absolute Gasteiger partial charge is 0.494 e. The van der Waals surface area contributed by atoms with Gasteiger partial charge in [0.2, 0.25) is 0 Å². The summed E-state index contributed by atoms with van der Waals surface area (Å²) in [6, 6.07) is 21.6. The smallest absolute Gasteiger partial charge is 0.167 e. The van der Waals surface area contributed by atoms with E-state index >= 15 is 0 Å². The molecule has 0 fully saturated rings. The molecule has 0 aliphatic carbocycles. The normalized spacial score (nSPS) is 10.8. The summed E-state index contributed by atoms with van der Waals surface area (Å²) in [5.74, 6) is -1.25. The third kappa shape index (κ3) is 5.03. The van der Waals surface area contributed by atoms with Crippen molar-refractivity contribution >= 4 is 0 Å². The van der Waals surface area contributed by atoms with Crippen LogP contribution in [0.1, 0.15) is 18.1 Å². The summed E-state index contributed by atoms with van der Waals surface area (Å²) in [6.07, 6.45) is 0. The molecule has 0 aliphatic heterocycles. The van der Waals surface area contributed by atoms with Crippen molar-refractivity contribution in [2.24, 2.45) is 0 Å². The van der Waals surface area contributed by atoms with Crippen LogP contribution in [-0.2, 0) is 6.61 Å². The van der Waals surface area contributed by atoms with Crippen LogP contribution in [0.25, 0.3) is 22.3 Å². The zero-order valence-corrected chi connectivity index (χ0v) is 18.4. The average molecular weight is 448 g/mol. The molecule has 0 N–H and O–H groups in total. The Kier molecular flexibility index (Phi) is 6.68. The maximum Gasteiger partial charge on any atom is 0.167 e. The van der Waals surface area contributed by atoms with Gasteiger partial charge in [-0.15, -0.1) is 0 Å². The highest BCUT2D eigenvalue weighted by Crippen LogP contribution is 2.32. The second-order valence-corrected chi connectivity index (χ2v) is 7.65. The number of halogens is 3. The molecule has 33 heavy (non-hydrogen) atoms. The standard InChI is InChI=1S/C28H23F3O2/c1-3-32-23-13-10-21(26(29)16-23)17-33-22-11-8-20(9-12-22)25-15-14-24(27(30)28(25)31)19-6-4-18(2)5-7-19/h4-16H,3,17H2,1-2H3. The van der Waals surface area contributed by atoms with Crippen LogP contribution in [0, 0.1) is 24.4 Å². The first kappa shape index (κ1) is 22.5. The number of rotatable bonds is 7. The number of aryl methyl sites for hydroxylation is 1. The van der Waals surface area contributed by atoms with E-state index in [9.17, 15) is 13.2 Å². The number of hydrogen-bond donors (Lipinski definition) is 0. The summed E-state index contributed by atoms with van der Waals surface area (Å²) in [7, 11) is 0. The summed E-state index contributed by atoms with van der Waals surface area (Å²) >= 11 is 0. The first-order chi connectivity index (χ1) is 16.0. The van der Waals surface area contributed by atoms with Crippen molar-refractivity contribution in [1.82, 2.24) is 0 Å². The predicted octanol–water partition coefficient (Wildman–Crippen LogP) is 7.72. The van der Waals surface area contributed by atoms with E-state index in [1.165, 1.54) is 6.07 Å². The van der Waals surface area contributed by atoms with Crippen LogP contribution in [0.3, 0.4) is 0 Å². The molecule has 0 bridgehead atoms. The Bertz CT molecular complexity index is 1250. The molecule has 168 valence electrons. The van der Waals surface area contributed by atoms with E-state index in [-0.39, 0.29) is 17.7 Å². The number of hydrogen-bond acceptors (Lipinski definition) is 2. The van der Waals surface area contributed by atoms with E-state index in [1.54, 1.807) is 60.7 Å². The van der Waals surface area contributed by atoms with Gasteiger partial charge in [-0.2, -0.15) is 0 Å². The second-order valence-electron chi connectivity index (χ2n) is 7.65. The highest BCUT2D eigenvalue weighted by Gasteiger charge is 2.16. The Morgan fingerprint density at radius 3 is 1.73 bits per heavy atom. The minimum Gasteiger partial charge on any atom is -0.494 e. The van der Waals surface area contributed by atoms with Crippen LogP contribution >= 0.6 is 0 Å². The van der Waals surface area contributed by atoms with Crippen molar-refractivity contribution in [2.75, 3.05) is 6.61 Å². The Balaban J connectivity index is 1.49. The molecule has 0 heterocycles. The van der Waals surface area contributed by atoms with E-state index in [2.05, 4.69) is 0 Å². The van der Waals surface area contributed by atoms with Crippen LogP contribution < -0.4 is 9.47 Å². The molecule has 0 spiro atoms. The SMILES string of the molecule is CCOc1ccc(COc2ccc(-c3ccc(-c4ccc(C)cc4)c(F)c3F)cc2)c(F)c1. The van der Waals surface area contributed by atoms with E-state index in [0.717, 1.165) is 5.56 Å². The van der Waals surface area contributed by atoms with E-state index in [4.69, 9.17) is 9.47 Å². The zero-order valence-electron chi connectivity index (χ0n) is 18.4. The van der Waals surface area contributed by atoms with Gasteiger partial charge in [-0.1, -0.05) is 54.1 Å². The lowest BCUT2D eigenvalue weighted by Gasteiger charge is -2.11. The lowest BCUT2D eigenvalue weighted by atomic mass is 9.98. The van der Waals surface area contributed by atoms with Crippen LogP contribution in [0.5, 0.6) is 11.5 Å². The van der Waals surface area contributed by atoms with Gasteiger partial charge in [0.25, 0.3) is 0 Å². The Labute approximate surface area is 191 Å². The van der Waals surface area contributed by atoms with Crippen LogP contribution in [-0.4, -0.2) is 6.61 Å². The average Bonchev–Trinajstić information content (AvgIpc) is 2.82. The topological polar surface area (TPSA) is 18.5 Å². The molecule has 0 aliphatic rings. The summed E-state index contributed by atoms with van der Waals surface area (Å²) < 4.78 is 54.8. The number of ether oxygens (including phenoxy) is 2. The minimum absolute atomic E-state index is 0.0336. The highest BCUT2D eigenvalue weighted by atomic mass is 19.2. The molecule has 0 saturated carbocycles. The van der Waals surface area contributed by atoms with Crippen molar-refractivity contribution in [3.63, 3.8) is 0 Å². The van der Waals surface area contributed by atoms with Gasteiger partial charge in [0.15, 0.2) is 11.6 Å². The van der Waals surface area contributed by atoms with Gasteiger partial charge in [0, 0.05) is 22.8 Å².